The van der Waals surface area contributed by atoms with E-state index < -0.39 is 65.3 Å². The van der Waals surface area contributed by atoms with Crippen molar-refractivity contribution in [3.8, 4) is 0 Å². The average molecular weight is 564 g/mol. The molecule has 0 N–H and O–H groups in total. The Kier molecular flexibility index (Phi) is 11.1. The highest BCUT2D eigenvalue weighted by molar-refractivity contribution is 8.01. The standard InChI is InChI=1S/C27H37NO8S2/c1-5-26(6-2,27(7-3,8-4)24(35)36)18(23(33)34)14-16(21(29)30)13-17(22(31)32)15-37-25-28-19-11-9-10-12-20(19)38-25/h9-12,16-18H,5-8,13-15H2,1-4H3,(H,29,30)(H,31,32)(H,33,34)(H,35,36)/p-4. The Morgan fingerprint density at radius 2 is 1.42 bits per heavy atom. The zero-order valence-electron chi connectivity index (χ0n) is 22.0. The highest BCUT2D eigenvalue weighted by Gasteiger charge is 2.53. The van der Waals surface area contributed by atoms with Crippen LogP contribution < -0.4 is 20.4 Å². The number of carbonyl (C=O) groups is 4. The number of rotatable bonds is 17. The van der Waals surface area contributed by atoms with Gasteiger partial charge in [-0.2, -0.15) is 0 Å². The van der Waals surface area contributed by atoms with Crippen LogP contribution in [0.4, 0.5) is 0 Å². The first-order chi connectivity index (χ1) is 17.9. The topological polar surface area (TPSA) is 173 Å². The molecule has 2 rings (SSSR count). The molecular formula is C27H33NO8S2-4. The summed E-state index contributed by atoms with van der Waals surface area (Å²) in [5.74, 6) is -10.3. The molecule has 0 saturated carbocycles. The third kappa shape index (κ3) is 6.31. The number of fused-ring (bicyclic) bond motifs is 1. The number of carboxylic acids is 4. The van der Waals surface area contributed by atoms with Crippen LogP contribution in [0.25, 0.3) is 10.2 Å². The number of thioether (sulfide) groups is 1. The number of aliphatic carboxylic acids is 4. The average Bonchev–Trinajstić information content (AvgIpc) is 3.29. The third-order valence-corrected chi connectivity index (χ3v) is 10.5. The fourth-order valence-corrected chi connectivity index (χ4v) is 8.17. The maximum Gasteiger partial charge on any atom is 0.151 e. The minimum Gasteiger partial charge on any atom is -0.550 e. The quantitative estimate of drug-likeness (QED) is 0.248. The van der Waals surface area contributed by atoms with Gasteiger partial charge in [0.25, 0.3) is 0 Å². The zero-order chi connectivity index (χ0) is 28.7. The maximum absolute atomic E-state index is 12.5. The second-order valence-corrected chi connectivity index (χ2v) is 11.9. The predicted octanol–water partition coefficient (Wildman–Crippen LogP) is 0.630. The van der Waals surface area contributed by atoms with E-state index in [9.17, 15) is 39.6 Å². The number of carbonyl (C=O) groups excluding carboxylic acids is 4. The lowest BCUT2D eigenvalue weighted by Gasteiger charge is -2.56. The Hall–Kier alpha value is -2.66. The number of aromatic nitrogens is 1. The lowest BCUT2D eigenvalue weighted by molar-refractivity contribution is -0.336. The van der Waals surface area contributed by atoms with Gasteiger partial charge in [-0.25, -0.2) is 4.98 Å². The number of para-hydroxylation sites is 1. The molecule has 3 unspecified atom stereocenters. The largest absolute Gasteiger partial charge is 0.550 e. The predicted molar refractivity (Wildman–Crippen MR) is 136 cm³/mol. The molecule has 0 bridgehead atoms. The molecule has 1 aromatic carbocycles. The molecule has 0 spiro atoms. The van der Waals surface area contributed by atoms with E-state index in [-0.39, 0.29) is 31.4 Å². The van der Waals surface area contributed by atoms with Gasteiger partial charge in [0.2, 0.25) is 0 Å². The van der Waals surface area contributed by atoms with Crippen molar-refractivity contribution in [2.45, 2.75) is 70.6 Å². The van der Waals surface area contributed by atoms with Crippen molar-refractivity contribution < 1.29 is 39.6 Å². The van der Waals surface area contributed by atoms with Crippen molar-refractivity contribution in [2.24, 2.45) is 28.6 Å². The first-order valence-corrected chi connectivity index (χ1v) is 14.5. The summed E-state index contributed by atoms with van der Waals surface area (Å²) in [7, 11) is 0. The van der Waals surface area contributed by atoms with Gasteiger partial charge in [-0.15, -0.1) is 11.3 Å². The molecular weight excluding hydrogens is 530 g/mol. The Balaban J connectivity index is 2.36. The van der Waals surface area contributed by atoms with Crippen molar-refractivity contribution in [3.63, 3.8) is 0 Å². The van der Waals surface area contributed by atoms with E-state index in [1.807, 2.05) is 24.3 Å². The van der Waals surface area contributed by atoms with Crippen molar-refractivity contribution in [1.29, 1.82) is 0 Å². The molecule has 0 radical (unpaired) electrons. The van der Waals surface area contributed by atoms with Gasteiger partial charge in [-0.3, -0.25) is 0 Å². The Labute approximate surface area is 230 Å². The first-order valence-electron chi connectivity index (χ1n) is 12.7. The van der Waals surface area contributed by atoms with Crippen LogP contribution in [-0.4, -0.2) is 34.6 Å². The summed E-state index contributed by atoms with van der Waals surface area (Å²) in [5, 5.41) is 49.0. The molecule has 11 heteroatoms. The van der Waals surface area contributed by atoms with Crippen molar-refractivity contribution in [2.75, 3.05) is 5.75 Å². The zero-order valence-corrected chi connectivity index (χ0v) is 23.7. The number of benzene rings is 1. The number of thiazole rings is 1. The fourth-order valence-electron chi connectivity index (χ4n) is 5.98. The van der Waals surface area contributed by atoms with Gasteiger partial charge in [0.15, 0.2) is 4.34 Å². The molecule has 0 aliphatic heterocycles. The van der Waals surface area contributed by atoms with E-state index in [1.165, 1.54) is 11.3 Å². The number of nitrogens with zero attached hydrogens (tertiary/aromatic N) is 1. The normalized spacial score (nSPS) is 14.6. The van der Waals surface area contributed by atoms with Gasteiger partial charge in [0, 0.05) is 46.9 Å². The maximum atomic E-state index is 12.5. The second kappa shape index (κ2) is 13.4. The van der Waals surface area contributed by atoms with Gasteiger partial charge >= 0.3 is 0 Å². The van der Waals surface area contributed by atoms with Crippen LogP contribution in [0.2, 0.25) is 0 Å². The summed E-state index contributed by atoms with van der Waals surface area (Å²) < 4.78 is 1.53. The summed E-state index contributed by atoms with van der Waals surface area (Å²) in [6, 6.07) is 7.39. The molecule has 3 atom stereocenters. The second-order valence-electron chi connectivity index (χ2n) is 9.57. The number of hydrogen-bond acceptors (Lipinski definition) is 11. The minimum atomic E-state index is -1.61. The van der Waals surface area contributed by atoms with Gasteiger partial charge in [-0.05, 0) is 62.0 Å². The van der Waals surface area contributed by atoms with Crippen molar-refractivity contribution in [3.05, 3.63) is 24.3 Å². The van der Waals surface area contributed by atoms with Crippen molar-refractivity contribution in [1.82, 2.24) is 4.98 Å². The molecule has 0 fully saturated rings. The Morgan fingerprint density at radius 3 is 1.87 bits per heavy atom. The Morgan fingerprint density at radius 1 is 0.842 bits per heavy atom. The molecule has 2 aromatic rings. The molecule has 0 saturated heterocycles. The van der Waals surface area contributed by atoms with Crippen LogP contribution in [0.5, 0.6) is 0 Å². The van der Waals surface area contributed by atoms with E-state index >= 15 is 0 Å². The van der Waals surface area contributed by atoms with Gasteiger partial charge in [-0.1, -0.05) is 51.6 Å². The lowest BCUT2D eigenvalue weighted by Crippen LogP contribution is -2.59. The van der Waals surface area contributed by atoms with E-state index in [0.717, 1.165) is 22.0 Å². The third-order valence-electron chi connectivity index (χ3n) is 8.20. The molecule has 210 valence electrons. The van der Waals surface area contributed by atoms with E-state index in [0.29, 0.717) is 4.34 Å². The molecule has 1 aromatic heterocycles. The lowest BCUT2D eigenvalue weighted by atomic mass is 9.51. The Bertz CT molecular complexity index is 1110. The van der Waals surface area contributed by atoms with Crippen LogP contribution in [-0.2, 0) is 19.2 Å². The SMILES string of the molecule is CCC(CC)(C(=O)[O-])C(CC)(CC)C(CC(CC(CSc1nc2ccccc2s1)C(=O)[O-])C(=O)[O-])C(=O)[O-]. The molecule has 38 heavy (non-hydrogen) atoms. The molecule has 0 amide bonds. The highest BCUT2D eigenvalue weighted by atomic mass is 32.2. The van der Waals surface area contributed by atoms with Crippen LogP contribution >= 0.6 is 23.1 Å². The highest BCUT2D eigenvalue weighted by Crippen LogP contribution is 2.56. The van der Waals surface area contributed by atoms with E-state index in [1.54, 1.807) is 27.7 Å². The monoisotopic (exact) mass is 563 g/mol. The summed E-state index contributed by atoms with van der Waals surface area (Å²) >= 11 is 2.52. The fraction of sp³-hybridized carbons (Fsp3) is 0.593. The molecule has 1 heterocycles. The summed E-state index contributed by atoms with van der Waals surface area (Å²) in [5.41, 5.74) is -2.17. The number of carboxylic acid groups (broad SMARTS) is 4. The summed E-state index contributed by atoms with van der Waals surface area (Å²) in [4.78, 5) is 53.4. The van der Waals surface area contributed by atoms with E-state index in [4.69, 9.17) is 0 Å². The van der Waals surface area contributed by atoms with Crippen LogP contribution in [0, 0.1) is 28.6 Å². The van der Waals surface area contributed by atoms with Gasteiger partial charge in [0.1, 0.15) is 0 Å². The molecule has 0 aliphatic rings. The first kappa shape index (κ1) is 31.6. The summed E-state index contributed by atoms with van der Waals surface area (Å²) in [6.07, 6.45) is -0.575. The van der Waals surface area contributed by atoms with Crippen LogP contribution in [0.15, 0.2) is 28.6 Å². The summed E-state index contributed by atoms with van der Waals surface area (Å²) in [6.45, 7) is 6.59. The van der Waals surface area contributed by atoms with Crippen molar-refractivity contribution >= 4 is 57.2 Å². The van der Waals surface area contributed by atoms with Crippen LogP contribution in [0.1, 0.15) is 66.2 Å². The van der Waals surface area contributed by atoms with Gasteiger partial charge in [0.05, 0.1) is 10.2 Å². The van der Waals surface area contributed by atoms with Crippen LogP contribution in [0.3, 0.4) is 0 Å². The molecule has 9 nitrogen and oxygen atoms in total. The number of hydrogen-bond donors (Lipinski definition) is 0. The van der Waals surface area contributed by atoms with E-state index in [2.05, 4.69) is 4.98 Å². The van der Waals surface area contributed by atoms with Gasteiger partial charge < -0.3 is 39.6 Å². The smallest absolute Gasteiger partial charge is 0.151 e. The molecule has 0 aliphatic carbocycles. The minimum absolute atomic E-state index is 0.0402.